The van der Waals surface area contributed by atoms with Crippen LogP contribution in [0.5, 0.6) is 5.75 Å². The zero-order valence-electron chi connectivity index (χ0n) is 12.2. The lowest BCUT2D eigenvalue weighted by Crippen LogP contribution is -2.26. The Bertz CT molecular complexity index is 438. The van der Waals surface area contributed by atoms with Gasteiger partial charge in [-0.2, -0.15) is 0 Å². The van der Waals surface area contributed by atoms with E-state index in [9.17, 15) is 4.79 Å². The molecule has 0 radical (unpaired) electrons. The standard InChI is InChI=1S/C15H23NO2/c1-10-7-13(14(18-6)8-11(10)2)15(17)12(3)9-16(4)5/h7-8,12H,9H2,1-6H3. The summed E-state index contributed by atoms with van der Waals surface area (Å²) >= 11 is 0. The Morgan fingerprint density at radius 3 is 2.33 bits per heavy atom. The molecule has 0 spiro atoms. The SMILES string of the molecule is COc1cc(C)c(C)cc1C(=O)C(C)CN(C)C. The molecule has 0 aliphatic carbocycles. The molecule has 0 aromatic heterocycles. The first-order valence-corrected chi connectivity index (χ1v) is 6.21. The summed E-state index contributed by atoms with van der Waals surface area (Å²) in [6.07, 6.45) is 0. The van der Waals surface area contributed by atoms with Crippen molar-refractivity contribution < 1.29 is 9.53 Å². The number of hydrogen-bond donors (Lipinski definition) is 0. The topological polar surface area (TPSA) is 29.5 Å². The molecule has 1 atom stereocenters. The van der Waals surface area contributed by atoms with Gasteiger partial charge in [-0.15, -0.1) is 0 Å². The third-order valence-electron chi connectivity index (χ3n) is 3.17. The number of benzene rings is 1. The first kappa shape index (κ1) is 14.7. The number of ether oxygens (including phenoxy) is 1. The van der Waals surface area contributed by atoms with E-state index in [1.54, 1.807) is 7.11 Å². The van der Waals surface area contributed by atoms with Crippen molar-refractivity contribution in [3.05, 3.63) is 28.8 Å². The lowest BCUT2D eigenvalue weighted by Gasteiger charge is -2.18. The summed E-state index contributed by atoms with van der Waals surface area (Å²) in [7, 11) is 5.56. The van der Waals surface area contributed by atoms with Crippen LogP contribution >= 0.6 is 0 Å². The molecule has 1 unspecified atom stereocenters. The minimum atomic E-state index is -0.0315. The average molecular weight is 249 g/mol. The third kappa shape index (κ3) is 3.33. The molecule has 3 heteroatoms. The summed E-state index contributed by atoms with van der Waals surface area (Å²) in [6, 6.07) is 3.87. The minimum Gasteiger partial charge on any atom is -0.496 e. The zero-order chi connectivity index (χ0) is 13.9. The maximum absolute atomic E-state index is 12.4. The molecule has 0 bridgehead atoms. The fourth-order valence-corrected chi connectivity index (χ4v) is 2.05. The van der Waals surface area contributed by atoms with Gasteiger partial charge in [-0.05, 0) is 51.2 Å². The summed E-state index contributed by atoms with van der Waals surface area (Å²) in [6.45, 7) is 6.74. The van der Waals surface area contributed by atoms with Gasteiger partial charge in [0.05, 0.1) is 12.7 Å². The highest BCUT2D eigenvalue weighted by atomic mass is 16.5. The Morgan fingerprint density at radius 2 is 1.83 bits per heavy atom. The van der Waals surface area contributed by atoms with E-state index in [4.69, 9.17) is 4.74 Å². The second-order valence-corrected chi connectivity index (χ2v) is 5.16. The predicted octanol–water partition coefficient (Wildman–Crippen LogP) is 2.69. The molecule has 1 rings (SSSR count). The lowest BCUT2D eigenvalue weighted by atomic mass is 9.95. The molecule has 0 aliphatic rings. The van der Waals surface area contributed by atoms with E-state index in [0.717, 1.165) is 17.7 Å². The van der Waals surface area contributed by atoms with Gasteiger partial charge in [0, 0.05) is 12.5 Å². The van der Waals surface area contributed by atoms with E-state index < -0.39 is 0 Å². The highest BCUT2D eigenvalue weighted by molar-refractivity contribution is 6.00. The number of nitrogens with zero attached hydrogens (tertiary/aromatic N) is 1. The van der Waals surface area contributed by atoms with E-state index >= 15 is 0 Å². The number of carbonyl (C=O) groups is 1. The molecule has 0 fully saturated rings. The van der Waals surface area contributed by atoms with Crippen LogP contribution in [0.1, 0.15) is 28.4 Å². The first-order chi connectivity index (χ1) is 8.36. The third-order valence-corrected chi connectivity index (χ3v) is 3.17. The van der Waals surface area contributed by atoms with Crippen LogP contribution in [0.4, 0.5) is 0 Å². The van der Waals surface area contributed by atoms with Crippen molar-refractivity contribution in [3.8, 4) is 5.75 Å². The van der Waals surface area contributed by atoms with Crippen LogP contribution in [0.2, 0.25) is 0 Å². The molecule has 1 aromatic rings. The lowest BCUT2D eigenvalue weighted by molar-refractivity contribution is 0.0907. The highest BCUT2D eigenvalue weighted by Gasteiger charge is 2.20. The molecule has 0 aliphatic heterocycles. The number of aryl methyl sites for hydroxylation is 2. The number of Topliss-reactive ketones (excluding diaryl/α,β-unsaturated/α-hetero) is 1. The van der Waals surface area contributed by atoms with Crippen molar-refractivity contribution in [1.29, 1.82) is 0 Å². The summed E-state index contributed by atoms with van der Waals surface area (Å²) in [5, 5.41) is 0. The maximum atomic E-state index is 12.4. The van der Waals surface area contributed by atoms with E-state index in [0.29, 0.717) is 11.3 Å². The van der Waals surface area contributed by atoms with Gasteiger partial charge in [0.1, 0.15) is 5.75 Å². The second-order valence-electron chi connectivity index (χ2n) is 5.16. The minimum absolute atomic E-state index is 0.0315. The van der Waals surface area contributed by atoms with Crippen molar-refractivity contribution in [2.45, 2.75) is 20.8 Å². The van der Waals surface area contributed by atoms with Crippen LogP contribution < -0.4 is 4.74 Å². The maximum Gasteiger partial charge on any atom is 0.170 e. The van der Waals surface area contributed by atoms with Gasteiger partial charge in [0.2, 0.25) is 0 Å². The summed E-state index contributed by atoms with van der Waals surface area (Å²) in [4.78, 5) is 14.4. The molecule has 3 nitrogen and oxygen atoms in total. The van der Waals surface area contributed by atoms with Gasteiger partial charge in [-0.3, -0.25) is 4.79 Å². The van der Waals surface area contributed by atoms with E-state index in [1.807, 2.05) is 51.9 Å². The summed E-state index contributed by atoms with van der Waals surface area (Å²) in [5.74, 6) is 0.786. The van der Waals surface area contributed by atoms with Gasteiger partial charge in [-0.1, -0.05) is 6.92 Å². The molecule has 0 N–H and O–H groups in total. The van der Waals surface area contributed by atoms with Gasteiger partial charge in [-0.25, -0.2) is 0 Å². The summed E-state index contributed by atoms with van der Waals surface area (Å²) in [5.41, 5.74) is 2.95. The van der Waals surface area contributed by atoms with E-state index in [-0.39, 0.29) is 11.7 Å². The number of hydrogen-bond acceptors (Lipinski definition) is 3. The largest absolute Gasteiger partial charge is 0.496 e. The van der Waals surface area contributed by atoms with Crippen LogP contribution in [0.3, 0.4) is 0 Å². The fraction of sp³-hybridized carbons (Fsp3) is 0.533. The molecule has 0 amide bonds. The van der Waals surface area contributed by atoms with Gasteiger partial charge < -0.3 is 9.64 Å². The molecular weight excluding hydrogens is 226 g/mol. The molecular formula is C15H23NO2. The monoisotopic (exact) mass is 249 g/mol. The van der Waals surface area contributed by atoms with Gasteiger partial charge >= 0.3 is 0 Å². The molecule has 1 aromatic carbocycles. The predicted molar refractivity (Wildman–Crippen MR) is 74.5 cm³/mol. The second kappa shape index (κ2) is 6.01. The van der Waals surface area contributed by atoms with Crippen LogP contribution in [0.25, 0.3) is 0 Å². The molecule has 0 saturated carbocycles. The van der Waals surface area contributed by atoms with E-state index in [2.05, 4.69) is 0 Å². The number of rotatable bonds is 5. The van der Waals surface area contributed by atoms with Crippen molar-refractivity contribution in [2.24, 2.45) is 5.92 Å². The Hall–Kier alpha value is -1.35. The molecule has 0 saturated heterocycles. The Balaban J connectivity index is 3.08. The smallest absolute Gasteiger partial charge is 0.170 e. The van der Waals surface area contributed by atoms with Crippen LogP contribution in [-0.4, -0.2) is 38.4 Å². The fourth-order valence-electron chi connectivity index (χ4n) is 2.05. The Kier molecular flexibility index (Phi) is 4.91. The highest BCUT2D eigenvalue weighted by Crippen LogP contribution is 2.25. The quantitative estimate of drug-likeness (QED) is 0.751. The van der Waals surface area contributed by atoms with Crippen molar-refractivity contribution in [1.82, 2.24) is 4.90 Å². The first-order valence-electron chi connectivity index (χ1n) is 6.21. The normalized spacial score (nSPS) is 12.6. The number of carbonyl (C=O) groups excluding carboxylic acids is 1. The average Bonchev–Trinajstić information content (AvgIpc) is 2.30. The van der Waals surface area contributed by atoms with Crippen molar-refractivity contribution in [3.63, 3.8) is 0 Å². The molecule has 18 heavy (non-hydrogen) atoms. The van der Waals surface area contributed by atoms with Crippen molar-refractivity contribution >= 4 is 5.78 Å². The van der Waals surface area contributed by atoms with Crippen LogP contribution in [0.15, 0.2) is 12.1 Å². The van der Waals surface area contributed by atoms with Crippen molar-refractivity contribution in [2.75, 3.05) is 27.7 Å². The van der Waals surface area contributed by atoms with E-state index in [1.165, 1.54) is 0 Å². The summed E-state index contributed by atoms with van der Waals surface area (Å²) < 4.78 is 5.32. The van der Waals surface area contributed by atoms with Crippen LogP contribution in [0, 0.1) is 19.8 Å². The number of ketones is 1. The van der Waals surface area contributed by atoms with Gasteiger partial charge in [0.15, 0.2) is 5.78 Å². The Labute approximate surface area is 110 Å². The Morgan fingerprint density at radius 1 is 1.28 bits per heavy atom. The zero-order valence-corrected chi connectivity index (χ0v) is 12.2. The molecule has 0 heterocycles. The number of methoxy groups -OCH3 is 1. The van der Waals surface area contributed by atoms with Crippen LogP contribution in [-0.2, 0) is 0 Å². The van der Waals surface area contributed by atoms with Gasteiger partial charge in [0.25, 0.3) is 0 Å². The molecule has 100 valence electrons.